The Balaban J connectivity index is 2.96. The molecule has 0 N–H and O–H groups in total. The predicted molar refractivity (Wildman–Crippen MR) is 51.2 cm³/mol. The maximum absolute atomic E-state index is 10.9. The Bertz CT molecular complexity index is 93.6. The Morgan fingerprint density at radius 2 is 2.10 bits per heavy atom. The third-order valence-corrected chi connectivity index (χ3v) is 3.56. The zero-order valence-corrected chi connectivity index (χ0v) is 8.39. The van der Waals surface area contributed by atoms with E-state index in [9.17, 15) is 4.21 Å². The quantitative estimate of drug-likeness (QED) is 0.581. The van der Waals surface area contributed by atoms with Crippen molar-refractivity contribution in [1.82, 2.24) is 0 Å². The minimum Gasteiger partial charge on any atom is -0.260 e. The second-order valence-electron chi connectivity index (χ2n) is 1.98. The van der Waals surface area contributed by atoms with Crippen molar-refractivity contribution in [3.8, 4) is 0 Å². The molecule has 0 fully saturated rings. The third-order valence-electron chi connectivity index (χ3n) is 1.19. The molecule has 0 spiro atoms. The minimum absolute atomic E-state index is 0.544. The van der Waals surface area contributed by atoms with E-state index in [-0.39, 0.29) is 0 Å². The lowest BCUT2D eigenvalue weighted by atomic mass is 10.6. The van der Waals surface area contributed by atoms with Gasteiger partial charge in [-0.05, 0) is 17.9 Å². The Kier molecular flexibility index (Phi) is 7.99. The topological polar surface area (TPSA) is 17.1 Å². The van der Waals surface area contributed by atoms with Gasteiger partial charge in [-0.3, -0.25) is 4.21 Å². The van der Waals surface area contributed by atoms with Crippen LogP contribution in [0.4, 0.5) is 0 Å². The van der Waals surface area contributed by atoms with Gasteiger partial charge in [-0.1, -0.05) is 13.8 Å². The number of thioether (sulfide) groups is 1. The van der Waals surface area contributed by atoms with E-state index in [2.05, 4.69) is 6.92 Å². The second-order valence-corrected chi connectivity index (χ2v) is 5.24. The van der Waals surface area contributed by atoms with Crippen molar-refractivity contribution >= 4 is 22.6 Å². The highest BCUT2D eigenvalue weighted by molar-refractivity contribution is 7.99. The lowest BCUT2D eigenvalue weighted by molar-refractivity contribution is 0.683. The van der Waals surface area contributed by atoms with Crippen molar-refractivity contribution in [1.29, 1.82) is 0 Å². The van der Waals surface area contributed by atoms with Gasteiger partial charge in [0.05, 0.1) is 0 Å². The summed E-state index contributed by atoms with van der Waals surface area (Å²) < 4.78 is 10.9. The zero-order valence-electron chi connectivity index (χ0n) is 6.76. The van der Waals surface area contributed by atoms with Crippen LogP contribution in [-0.4, -0.2) is 27.2 Å². The standard InChI is InChI=1S/C7H16OS2/c1-3-9-6-5-7-10(8)4-2/h3-7H2,1-2H3. The van der Waals surface area contributed by atoms with Gasteiger partial charge in [0.1, 0.15) is 0 Å². The summed E-state index contributed by atoms with van der Waals surface area (Å²) in [6.45, 7) is 4.13. The Labute approximate surface area is 70.4 Å². The third kappa shape index (κ3) is 6.62. The van der Waals surface area contributed by atoms with Gasteiger partial charge in [0.25, 0.3) is 0 Å². The van der Waals surface area contributed by atoms with E-state index in [1.54, 1.807) is 0 Å². The van der Waals surface area contributed by atoms with Crippen molar-refractivity contribution in [2.75, 3.05) is 23.0 Å². The fourth-order valence-corrected chi connectivity index (χ4v) is 2.19. The molecule has 0 aliphatic carbocycles. The van der Waals surface area contributed by atoms with E-state index in [1.807, 2.05) is 18.7 Å². The molecule has 1 atom stereocenters. The predicted octanol–water partition coefficient (Wildman–Crippen LogP) is 1.90. The monoisotopic (exact) mass is 180 g/mol. The molecule has 0 aliphatic heterocycles. The lowest BCUT2D eigenvalue weighted by Gasteiger charge is -1.97. The van der Waals surface area contributed by atoms with Gasteiger partial charge >= 0.3 is 0 Å². The van der Waals surface area contributed by atoms with Gasteiger partial charge in [0.2, 0.25) is 0 Å². The van der Waals surface area contributed by atoms with E-state index < -0.39 is 10.8 Å². The van der Waals surface area contributed by atoms with Gasteiger partial charge in [0.15, 0.2) is 0 Å². The van der Waals surface area contributed by atoms with Crippen molar-refractivity contribution < 1.29 is 4.21 Å². The molecule has 1 nitrogen and oxygen atoms in total. The molecule has 62 valence electrons. The SMILES string of the molecule is CCSCCCS(=O)CC. The molecular formula is C7H16OS2. The van der Waals surface area contributed by atoms with E-state index in [4.69, 9.17) is 0 Å². The number of hydrogen-bond donors (Lipinski definition) is 0. The van der Waals surface area contributed by atoms with Crippen molar-refractivity contribution in [2.24, 2.45) is 0 Å². The van der Waals surface area contributed by atoms with Crippen LogP contribution in [0.15, 0.2) is 0 Å². The van der Waals surface area contributed by atoms with E-state index >= 15 is 0 Å². The highest BCUT2D eigenvalue weighted by atomic mass is 32.2. The first kappa shape index (κ1) is 10.5. The van der Waals surface area contributed by atoms with E-state index in [0.29, 0.717) is 0 Å². The molecule has 0 saturated heterocycles. The summed E-state index contributed by atoms with van der Waals surface area (Å²) >= 11 is 1.93. The zero-order chi connectivity index (χ0) is 7.82. The van der Waals surface area contributed by atoms with Crippen molar-refractivity contribution in [3.63, 3.8) is 0 Å². The van der Waals surface area contributed by atoms with Crippen LogP contribution in [-0.2, 0) is 10.8 Å². The first-order valence-corrected chi connectivity index (χ1v) is 6.38. The molecule has 10 heavy (non-hydrogen) atoms. The summed E-state index contributed by atoms with van der Waals surface area (Å²) in [4.78, 5) is 0. The van der Waals surface area contributed by atoms with Crippen LogP contribution in [0.1, 0.15) is 20.3 Å². The van der Waals surface area contributed by atoms with E-state index in [0.717, 1.165) is 17.9 Å². The molecule has 0 amide bonds. The van der Waals surface area contributed by atoms with Crippen molar-refractivity contribution in [2.45, 2.75) is 20.3 Å². The van der Waals surface area contributed by atoms with Gasteiger partial charge in [-0.25, -0.2) is 0 Å². The van der Waals surface area contributed by atoms with Gasteiger partial charge in [-0.2, -0.15) is 11.8 Å². The highest BCUT2D eigenvalue weighted by Gasteiger charge is 1.94. The highest BCUT2D eigenvalue weighted by Crippen LogP contribution is 2.01. The summed E-state index contributed by atoms with van der Waals surface area (Å²) in [5.41, 5.74) is 0. The fourth-order valence-electron chi connectivity index (χ4n) is 0.611. The fraction of sp³-hybridized carbons (Fsp3) is 1.00. The summed E-state index contributed by atoms with van der Waals surface area (Å²) in [5, 5.41) is 0. The second kappa shape index (κ2) is 7.61. The molecule has 0 aromatic rings. The largest absolute Gasteiger partial charge is 0.260 e. The summed E-state index contributed by atoms with van der Waals surface area (Å²) in [5.74, 6) is 4.06. The average molecular weight is 180 g/mol. The Morgan fingerprint density at radius 1 is 1.40 bits per heavy atom. The summed E-state index contributed by atoms with van der Waals surface area (Å²) in [6, 6.07) is 0. The average Bonchev–Trinajstić information content (AvgIpc) is 1.98. The van der Waals surface area contributed by atoms with Crippen molar-refractivity contribution in [3.05, 3.63) is 0 Å². The van der Waals surface area contributed by atoms with Crippen LogP contribution >= 0.6 is 11.8 Å². The summed E-state index contributed by atoms with van der Waals surface area (Å²) in [6.07, 6.45) is 1.11. The minimum atomic E-state index is -0.544. The van der Waals surface area contributed by atoms with Crippen LogP contribution in [0.3, 0.4) is 0 Å². The molecule has 1 unspecified atom stereocenters. The van der Waals surface area contributed by atoms with Crippen LogP contribution in [0, 0.1) is 0 Å². The summed E-state index contributed by atoms with van der Waals surface area (Å²) in [7, 11) is -0.544. The lowest BCUT2D eigenvalue weighted by Crippen LogP contribution is -2.00. The van der Waals surface area contributed by atoms with Gasteiger partial charge in [-0.15, -0.1) is 0 Å². The maximum Gasteiger partial charge on any atom is 0.0242 e. The molecule has 0 rings (SSSR count). The normalized spacial score (nSPS) is 13.4. The molecule has 0 aromatic heterocycles. The first-order chi connectivity index (χ1) is 4.81. The van der Waals surface area contributed by atoms with Gasteiger partial charge < -0.3 is 0 Å². The Morgan fingerprint density at radius 3 is 2.60 bits per heavy atom. The number of hydrogen-bond acceptors (Lipinski definition) is 2. The smallest absolute Gasteiger partial charge is 0.0242 e. The molecule has 0 saturated carbocycles. The first-order valence-electron chi connectivity index (χ1n) is 3.74. The van der Waals surface area contributed by atoms with Crippen LogP contribution in [0.25, 0.3) is 0 Å². The molecule has 0 aromatic carbocycles. The van der Waals surface area contributed by atoms with Gasteiger partial charge in [0, 0.05) is 22.3 Å². The molecule has 0 heterocycles. The van der Waals surface area contributed by atoms with E-state index in [1.165, 1.54) is 11.5 Å². The number of rotatable bonds is 6. The van der Waals surface area contributed by atoms with Crippen LogP contribution < -0.4 is 0 Å². The van der Waals surface area contributed by atoms with Crippen LogP contribution in [0.2, 0.25) is 0 Å². The molecule has 0 aliphatic rings. The molecule has 0 radical (unpaired) electrons. The molecular weight excluding hydrogens is 164 g/mol. The van der Waals surface area contributed by atoms with Crippen LogP contribution in [0.5, 0.6) is 0 Å². The molecule has 0 bridgehead atoms. The Hall–Kier alpha value is 0.500. The maximum atomic E-state index is 10.9. The molecule has 3 heteroatoms.